The van der Waals surface area contributed by atoms with Gasteiger partial charge in [0.05, 0.1) is 18.5 Å². The van der Waals surface area contributed by atoms with Gasteiger partial charge in [-0.25, -0.2) is 4.39 Å². The molecule has 0 unspecified atom stereocenters. The summed E-state index contributed by atoms with van der Waals surface area (Å²) in [4.78, 5) is 0.681. The Morgan fingerprint density at radius 1 is 1.53 bits per heavy atom. The highest BCUT2D eigenvalue weighted by Crippen LogP contribution is 2.34. The van der Waals surface area contributed by atoms with Crippen molar-refractivity contribution in [3.05, 3.63) is 29.6 Å². The van der Waals surface area contributed by atoms with E-state index in [4.69, 9.17) is 10.5 Å². The third-order valence-corrected chi connectivity index (χ3v) is 3.65. The molecular formula is C11H14FNOS. The molecular weight excluding hydrogens is 213 g/mol. The molecule has 0 bridgehead atoms. The van der Waals surface area contributed by atoms with Crippen molar-refractivity contribution in [1.29, 1.82) is 0 Å². The predicted octanol–water partition coefficient (Wildman–Crippen LogP) is 2.34. The molecule has 0 radical (unpaired) electrons. The average Bonchev–Trinajstić information content (AvgIpc) is 2.12. The van der Waals surface area contributed by atoms with Crippen molar-refractivity contribution in [3.8, 4) is 0 Å². The van der Waals surface area contributed by atoms with E-state index in [9.17, 15) is 4.39 Å². The Bertz CT molecular complexity index is 352. The van der Waals surface area contributed by atoms with E-state index in [1.807, 2.05) is 13.0 Å². The predicted molar refractivity (Wildman–Crippen MR) is 59.5 cm³/mol. The fraction of sp³-hybridized carbons (Fsp3) is 0.455. The summed E-state index contributed by atoms with van der Waals surface area (Å²) in [6, 6.07) is 4.93. The third kappa shape index (κ3) is 2.33. The maximum atomic E-state index is 13.6. The number of ether oxygens (including phenoxy) is 1. The van der Waals surface area contributed by atoms with Gasteiger partial charge in [0.25, 0.3) is 0 Å². The SMILES string of the molecule is C[C@H](N)c1cccc(F)c1SC1COC1. The van der Waals surface area contributed by atoms with Gasteiger partial charge in [-0.15, -0.1) is 11.8 Å². The standard InChI is InChI=1S/C11H14FNOS/c1-7(13)9-3-2-4-10(12)11(9)15-8-5-14-6-8/h2-4,7-8H,5-6,13H2,1H3/t7-/m0/s1. The van der Waals surface area contributed by atoms with E-state index in [1.54, 1.807) is 6.07 Å². The van der Waals surface area contributed by atoms with E-state index in [1.165, 1.54) is 17.8 Å². The second-order valence-corrected chi connectivity index (χ2v) is 5.03. The lowest BCUT2D eigenvalue weighted by Gasteiger charge is -2.26. The molecule has 1 aliphatic rings. The second-order valence-electron chi connectivity index (χ2n) is 3.72. The van der Waals surface area contributed by atoms with Crippen molar-refractivity contribution >= 4 is 11.8 Å². The summed E-state index contributed by atoms with van der Waals surface area (Å²) in [6.45, 7) is 3.28. The van der Waals surface area contributed by atoms with Gasteiger partial charge in [-0.3, -0.25) is 0 Å². The molecule has 0 aliphatic carbocycles. The van der Waals surface area contributed by atoms with Gasteiger partial charge in [-0.2, -0.15) is 0 Å². The molecule has 2 rings (SSSR count). The lowest BCUT2D eigenvalue weighted by atomic mass is 10.1. The molecule has 2 N–H and O–H groups in total. The number of nitrogens with two attached hydrogens (primary N) is 1. The molecule has 2 nitrogen and oxygen atoms in total. The summed E-state index contributed by atoms with van der Waals surface area (Å²) in [5.74, 6) is -0.179. The maximum absolute atomic E-state index is 13.6. The molecule has 0 amide bonds. The van der Waals surface area contributed by atoms with Crippen LogP contribution in [0, 0.1) is 5.82 Å². The van der Waals surface area contributed by atoms with Gasteiger partial charge in [0.15, 0.2) is 0 Å². The minimum atomic E-state index is -0.179. The van der Waals surface area contributed by atoms with E-state index < -0.39 is 0 Å². The molecule has 1 aromatic carbocycles. The summed E-state index contributed by atoms with van der Waals surface area (Å²) >= 11 is 1.53. The lowest BCUT2D eigenvalue weighted by Crippen LogP contribution is -2.30. The van der Waals surface area contributed by atoms with Crippen molar-refractivity contribution < 1.29 is 9.13 Å². The highest BCUT2D eigenvalue weighted by Gasteiger charge is 2.23. The van der Waals surface area contributed by atoms with E-state index in [0.717, 1.165) is 5.56 Å². The smallest absolute Gasteiger partial charge is 0.137 e. The number of hydrogen-bond donors (Lipinski definition) is 1. The zero-order valence-corrected chi connectivity index (χ0v) is 9.39. The van der Waals surface area contributed by atoms with Crippen LogP contribution in [-0.2, 0) is 4.74 Å². The van der Waals surface area contributed by atoms with Crippen LogP contribution < -0.4 is 5.73 Å². The molecule has 1 atom stereocenters. The first kappa shape index (κ1) is 10.9. The van der Waals surface area contributed by atoms with Gasteiger partial charge < -0.3 is 10.5 Å². The number of thioether (sulfide) groups is 1. The van der Waals surface area contributed by atoms with Crippen LogP contribution in [0.3, 0.4) is 0 Å². The molecule has 15 heavy (non-hydrogen) atoms. The topological polar surface area (TPSA) is 35.2 Å². The molecule has 1 fully saturated rings. The average molecular weight is 227 g/mol. The van der Waals surface area contributed by atoms with Crippen molar-refractivity contribution in [2.75, 3.05) is 13.2 Å². The van der Waals surface area contributed by atoms with E-state index in [2.05, 4.69) is 0 Å². The lowest BCUT2D eigenvalue weighted by molar-refractivity contribution is 0.0454. The molecule has 82 valence electrons. The minimum absolute atomic E-state index is 0.135. The Labute approximate surface area is 93.0 Å². The van der Waals surface area contributed by atoms with Gasteiger partial charge in [0, 0.05) is 10.9 Å². The summed E-state index contributed by atoms with van der Waals surface area (Å²) in [5, 5.41) is 0.374. The number of halogens is 1. The molecule has 1 aromatic rings. The normalized spacial score (nSPS) is 18.6. The van der Waals surface area contributed by atoms with Crippen LogP contribution in [-0.4, -0.2) is 18.5 Å². The van der Waals surface area contributed by atoms with Crippen molar-refractivity contribution in [3.63, 3.8) is 0 Å². The van der Waals surface area contributed by atoms with E-state index in [-0.39, 0.29) is 11.9 Å². The molecule has 0 saturated carbocycles. The Morgan fingerprint density at radius 3 is 2.80 bits per heavy atom. The van der Waals surface area contributed by atoms with Gasteiger partial charge in [0.1, 0.15) is 5.82 Å². The first-order chi connectivity index (χ1) is 7.18. The number of hydrogen-bond acceptors (Lipinski definition) is 3. The summed E-state index contributed by atoms with van der Waals surface area (Å²) < 4.78 is 18.7. The van der Waals surface area contributed by atoms with Gasteiger partial charge in [-0.1, -0.05) is 12.1 Å². The molecule has 1 aliphatic heterocycles. The first-order valence-corrected chi connectivity index (χ1v) is 5.85. The molecule has 1 saturated heterocycles. The molecule has 0 aromatic heterocycles. The van der Waals surface area contributed by atoms with Crippen LogP contribution in [0.5, 0.6) is 0 Å². The highest BCUT2D eigenvalue weighted by molar-refractivity contribution is 8.00. The van der Waals surface area contributed by atoms with Crippen LogP contribution >= 0.6 is 11.8 Å². The van der Waals surface area contributed by atoms with Gasteiger partial charge in [0.2, 0.25) is 0 Å². The number of benzene rings is 1. The van der Waals surface area contributed by atoms with Crippen LogP contribution in [0.2, 0.25) is 0 Å². The minimum Gasteiger partial charge on any atom is -0.379 e. The zero-order valence-electron chi connectivity index (χ0n) is 8.57. The molecule has 0 spiro atoms. The fourth-order valence-corrected chi connectivity index (χ4v) is 2.69. The molecule has 4 heteroatoms. The Morgan fingerprint density at radius 2 is 2.27 bits per heavy atom. The molecule has 1 heterocycles. The first-order valence-electron chi connectivity index (χ1n) is 4.97. The van der Waals surface area contributed by atoms with Crippen molar-refractivity contribution in [2.45, 2.75) is 23.1 Å². The Kier molecular flexibility index (Phi) is 3.29. The summed E-state index contributed by atoms with van der Waals surface area (Å²) in [5.41, 5.74) is 6.69. The Balaban J connectivity index is 2.25. The van der Waals surface area contributed by atoms with Crippen molar-refractivity contribution in [2.24, 2.45) is 5.73 Å². The highest BCUT2D eigenvalue weighted by atomic mass is 32.2. The monoisotopic (exact) mass is 227 g/mol. The van der Waals surface area contributed by atoms with Crippen LogP contribution in [0.25, 0.3) is 0 Å². The van der Waals surface area contributed by atoms with Crippen LogP contribution in [0.15, 0.2) is 23.1 Å². The quantitative estimate of drug-likeness (QED) is 0.860. The zero-order chi connectivity index (χ0) is 10.8. The fourth-order valence-electron chi connectivity index (χ4n) is 1.46. The van der Waals surface area contributed by atoms with E-state index >= 15 is 0 Å². The maximum Gasteiger partial charge on any atom is 0.137 e. The van der Waals surface area contributed by atoms with Gasteiger partial charge in [-0.05, 0) is 18.6 Å². The largest absolute Gasteiger partial charge is 0.379 e. The van der Waals surface area contributed by atoms with Crippen LogP contribution in [0.4, 0.5) is 4.39 Å². The van der Waals surface area contributed by atoms with Gasteiger partial charge >= 0.3 is 0 Å². The summed E-state index contributed by atoms with van der Waals surface area (Å²) in [7, 11) is 0. The van der Waals surface area contributed by atoms with Crippen molar-refractivity contribution in [1.82, 2.24) is 0 Å². The Hall–Kier alpha value is -0.580. The van der Waals surface area contributed by atoms with Crippen LogP contribution in [0.1, 0.15) is 18.5 Å². The second kappa shape index (κ2) is 4.51. The summed E-state index contributed by atoms with van der Waals surface area (Å²) in [6.07, 6.45) is 0. The third-order valence-electron chi connectivity index (χ3n) is 2.38. The van der Waals surface area contributed by atoms with E-state index in [0.29, 0.717) is 23.4 Å². The number of rotatable bonds is 3.